The van der Waals surface area contributed by atoms with Crippen LogP contribution in [-0.4, -0.2) is 40.3 Å². The van der Waals surface area contributed by atoms with Gasteiger partial charge in [0.15, 0.2) is 17.2 Å². The van der Waals surface area contributed by atoms with E-state index in [1.165, 1.54) is 12.1 Å². The van der Waals surface area contributed by atoms with Gasteiger partial charge in [0.2, 0.25) is 0 Å². The summed E-state index contributed by atoms with van der Waals surface area (Å²) < 4.78 is 26.6. The summed E-state index contributed by atoms with van der Waals surface area (Å²) in [5.74, 6) is 1.19. The van der Waals surface area contributed by atoms with Crippen LogP contribution >= 0.6 is 0 Å². The van der Waals surface area contributed by atoms with Crippen molar-refractivity contribution in [3.05, 3.63) is 70.8 Å². The summed E-state index contributed by atoms with van der Waals surface area (Å²) in [5.41, 5.74) is 4.48. The number of aromatic nitrogens is 2. The molecule has 6 nitrogen and oxygen atoms in total. The van der Waals surface area contributed by atoms with Crippen molar-refractivity contribution in [1.29, 1.82) is 0 Å². The quantitative estimate of drug-likeness (QED) is 0.620. The predicted molar refractivity (Wildman–Crippen MR) is 116 cm³/mol. The second-order valence-electron chi connectivity index (χ2n) is 8.58. The Balaban J connectivity index is 1.34. The molecule has 1 aromatic heterocycles. The second-order valence-corrected chi connectivity index (χ2v) is 8.58. The molecule has 2 aromatic carbocycles. The normalized spacial score (nSPS) is 19.3. The number of likely N-dealkylation sites (tertiary alicyclic amines) is 1. The van der Waals surface area contributed by atoms with E-state index in [0.29, 0.717) is 25.5 Å². The fraction of sp³-hybridized carbons (Fsp3) is 0.360. The summed E-state index contributed by atoms with van der Waals surface area (Å²) in [4.78, 5) is 15.7. The highest BCUT2D eigenvalue weighted by Crippen LogP contribution is 2.39. The lowest BCUT2D eigenvalue weighted by molar-refractivity contribution is 0.0727. The molecule has 3 aliphatic rings. The Morgan fingerprint density at radius 3 is 2.66 bits per heavy atom. The largest absolute Gasteiger partial charge is 0.486 e. The Morgan fingerprint density at radius 1 is 1.00 bits per heavy atom. The molecule has 164 valence electrons. The van der Waals surface area contributed by atoms with Gasteiger partial charge in [-0.1, -0.05) is 6.07 Å². The van der Waals surface area contributed by atoms with Crippen molar-refractivity contribution in [2.45, 2.75) is 38.1 Å². The van der Waals surface area contributed by atoms with Gasteiger partial charge in [0.25, 0.3) is 5.91 Å². The number of hydrogen-bond donors (Lipinski definition) is 0. The first-order valence-electron chi connectivity index (χ1n) is 11.3. The third-order valence-electron chi connectivity index (χ3n) is 6.67. The van der Waals surface area contributed by atoms with Crippen molar-refractivity contribution in [1.82, 2.24) is 14.7 Å². The van der Waals surface area contributed by atoms with Gasteiger partial charge in [-0.25, -0.2) is 9.07 Å². The van der Waals surface area contributed by atoms with Crippen LogP contribution < -0.4 is 9.47 Å². The van der Waals surface area contributed by atoms with E-state index in [4.69, 9.17) is 14.6 Å². The number of amides is 1. The molecule has 0 spiro atoms. The zero-order chi connectivity index (χ0) is 21.7. The number of carbonyl (C=O) groups is 1. The maximum absolute atomic E-state index is 13.7. The highest BCUT2D eigenvalue weighted by Gasteiger charge is 2.36. The zero-order valence-corrected chi connectivity index (χ0v) is 17.7. The van der Waals surface area contributed by atoms with E-state index in [-0.39, 0.29) is 17.8 Å². The highest BCUT2D eigenvalue weighted by atomic mass is 19.1. The van der Waals surface area contributed by atoms with E-state index in [0.717, 1.165) is 66.1 Å². The number of halogens is 1. The molecule has 3 heterocycles. The van der Waals surface area contributed by atoms with E-state index in [2.05, 4.69) is 0 Å². The molecule has 0 saturated carbocycles. The standard InChI is InChI=1S/C25H24FN3O3/c26-17-7-9-18(10-8-17)29-21-4-1-3-19(21)24(27-29)25(30)28-12-2-5-20(28)16-6-11-22-23(15-16)32-14-13-31-22/h6-11,15,20H,1-5,12-14H2/t20-/m1/s1. The monoisotopic (exact) mass is 433 g/mol. The van der Waals surface area contributed by atoms with Crippen LogP contribution in [0.4, 0.5) is 4.39 Å². The molecule has 0 unspecified atom stereocenters. The van der Waals surface area contributed by atoms with Gasteiger partial charge in [0.1, 0.15) is 19.0 Å². The van der Waals surface area contributed by atoms with Gasteiger partial charge in [-0.2, -0.15) is 5.10 Å². The smallest absolute Gasteiger partial charge is 0.275 e. The van der Waals surface area contributed by atoms with Gasteiger partial charge in [-0.15, -0.1) is 0 Å². The molecule has 0 radical (unpaired) electrons. The molecule has 0 N–H and O–H groups in total. The summed E-state index contributed by atoms with van der Waals surface area (Å²) >= 11 is 0. The molecule has 1 aliphatic carbocycles. The summed E-state index contributed by atoms with van der Waals surface area (Å²) in [6.45, 7) is 1.80. The van der Waals surface area contributed by atoms with Crippen molar-refractivity contribution in [3.63, 3.8) is 0 Å². The SMILES string of the molecule is O=C(c1nn(-c2ccc(F)cc2)c2c1CCC2)N1CCC[C@@H]1c1ccc2c(c1)OCCO2. The molecule has 7 heteroatoms. The fourth-order valence-electron chi connectivity index (χ4n) is 5.16. The maximum atomic E-state index is 13.7. The maximum Gasteiger partial charge on any atom is 0.275 e. The third kappa shape index (κ3) is 3.15. The molecular weight excluding hydrogens is 409 g/mol. The van der Waals surface area contributed by atoms with E-state index >= 15 is 0 Å². The Morgan fingerprint density at radius 2 is 1.81 bits per heavy atom. The van der Waals surface area contributed by atoms with E-state index in [1.807, 2.05) is 27.8 Å². The average molecular weight is 433 g/mol. The van der Waals surface area contributed by atoms with E-state index in [9.17, 15) is 9.18 Å². The van der Waals surface area contributed by atoms with Crippen LogP contribution in [0.25, 0.3) is 5.69 Å². The number of nitrogens with zero attached hydrogens (tertiary/aromatic N) is 3. The Kier molecular flexibility index (Phi) is 4.63. The number of fused-ring (bicyclic) bond motifs is 2. The van der Waals surface area contributed by atoms with Gasteiger partial charge in [0, 0.05) is 17.8 Å². The van der Waals surface area contributed by atoms with Crippen LogP contribution in [0.5, 0.6) is 11.5 Å². The van der Waals surface area contributed by atoms with Crippen LogP contribution in [0.3, 0.4) is 0 Å². The number of ether oxygens (including phenoxy) is 2. The lowest BCUT2D eigenvalue weighted by Crippen LogP contribution is -2.31. The number of benzene rings is 2. The number of carbonyl (C=O) groups excluding carboxylic acids is 1. The molecule has 2 aliphatic heterocycles. The Hall–Kier alpha value is -3.35. The Bertz CT molecular complexity index is 1190. The molecule has 6 rings (SSSR count). The van der Waals surface area contributed by atoms with Crippen molar-refractivity contribution in [2.24, 2.45) is 0 Å². The van der Waals surface area contributed by atoms with Gasteiger partial charge in [0.05, 0.1) is 11.7 Å². The van der Waals surface area contributed by atoms with Gasteiger partial charge in [-0.05, 0) is 74.1 Å². The summed E-state index contributed by atoms with van der Waals surface area (Å²) in [6.07, 6.45) is 4.58. The highest BCUT2D eigenvalue weighted by molar-refractivity contribution is 5.95. The molecule has 1 fully saturated rings. The molecule has 1 saturated heterocycles. The molecule has 32 heavy (non-hydrogen) atoms. The minimum absolute atomic E-state index is 0.00801. The fourth-order valence-corrected chi connectivity index (χ4v) is 5.16. The topological polar surface area (TPSA) is 56.6 Å². The van der Waals surface area contributed by atoms with Gasteiger partial charge in [-0.3, -0.25) is 4.79 Å². The minimum Gasteiger partial charge on any atom is -0.486 e. The molecule has 3 aromatic rings. The first-order chi connectivity index (χ1) is 15.7. The lowest BCUT2D eigenvalue weighted by atomic mass is 10.0. The first-order valence-corrected chi connectivity index (χ1v) is 11.3. The molecular formula is C25H24FN3O3. The molecule has 1 amide bonds. The van der Waals surface area contributed by atoms with Crippen molar-refractivity contribution in [3.8, 4) is 17.2 Å². The van der Waals surface area contributed by atoms with Gasteiger partial charge >= 0.3 is 0 Å². The van der Waals surface area contributed by atoms with Crippen LogP contribution in [-0.2, 0) is 12.8 Å². The first kappa shape index (κ1) is 19.3. The van der Waals surface area contributed by atoms with Crippen molar-refractivity contribution in [2.75, 3.05) is 19.8 Å². The lowest BCUT2D eigenvalue weighted by Gasteiger charge is -2.26. The Labute approximate surface area is 185 Å². The zero-order valence-electron chi connectivity index (χ0n) is 17.7. The minimum atomic E-state index is -0.284. The van der Waals surface area contributed by atoms with E-state index < -0.39 is 0 Å². The second kappa shape index (κ2) is 7.65. The molecule has 0 bridgehead atoms. The van der Waals surface area contributed by atoms with Gasteiger partial charge < -0.3 is 14.4 Å². The summed E-state index contributed by atoms with van der Waals surface area (Å²) in [6, 6.07) is 12.2. The third-order valence-corrected chi connectivity index (χ3v) is 6.67. The summed E-state index contributed by atoms with van der Waals surface area (Å²) in [7, 11) is 0. The van der Waals surface area contributed by atoms with Crippen molar-refractivity contribution < 1.29 is 18.7 Å². The van der Waals surface area contributed by atoms with Crippen LogP contribution in [0, 0.1) is 5.82 Å². The van der Waals surface area contributed by atoms with Crippen molar-refractivity contribution >= 4 is 5.91 Å². The predicted octanol–water partition coefficient (Wildman–Crippen LogP) is 4.25. The van der Waals surface area contributed by atoms with Crippen LogP contribution in [0.2, 0.25) is 0 Å². The number of rotatable bonds is 3. The average Bonchev–Trinajstić information content (AvgIpc) is 3.56. The van der Waals surface area contributed by atoms with Crippen LogP contribution in [0.1, 0.15) is 52.6 Å². The number of hydrogen-bond acceptors (Lipinski definition) is 4. The van der Waals surface area contributed by atoms with E-state index in [1.54, 1.807) is 12.1 Å². The van der Waals surface area contributed by atoms with Crippen LogP contribution in [0.15, 0.2) is 42.5 Å². The molecule has 1 atom stereocenters. The summed E-state index contributed by atoms with van der Waals surface area (Å²) in [5, 5.41) is 4.73.